The third-order valence-corrected chi connectivity index (χ3v) is 7.54. The third-order valence-electron chi connectivity index (χ3n) is 5.32. The fourth-order valence-corrected chi connectivity index (χ4v) is 5.20. The summed E-state index contributed by atoms with van der Waals surface area (Å²) < 4.78 is 32.6. The molecule has 2 aromatic rings. The molecule has 0 atom stereocenters. The van der Waals surface area contributed by atoms with Crippen molar-refractivity contribution < 1.29 is 17.9 Å². The predicted molar refractivity (Wildman–Crippen MR) is 119 cm³/mol. The van der Waals surface area contributed by atoms with E-state index in [0.717, 1.165) is 32.1 Å². The third kappa shape index (κ3) is 5.76. The minimum Gasteiger partial charge on any atom is -0.482 e. The van der Waals surface area contributed by atoms with Gasteiger partial charge in [0.25, 0.3) is 5.91 Å². The number of sulfonamides is 1. The molecule has 3 rings (SSSR count). The van der Waals surface area contributed by atoms with Crippen LogP contribution in [0, 0.1) is 11.3 Å². The van der Waals surface area contributed by atoms with E-state index in [1.54, 1.807) is 25.2 Å². The summed E-state index contributed by atoms with van der Waals surface area (Å²) in [6.45, 7) is -0.282. The van der Waals surface area contributed by atoms with E-state index in [-0.39, 0.29) is 22.6 Å². The van der Waals surface area contributed by atoms with E-state index in [1.165, 1.54) is 28.6 Å². The zero-order valence-electron chi connectivity index (χ0n) is 17.2. The highest BCUT2D eigenvalue weighted by molar-refractivity contribution is 7.89. The van der Waals surface area contributed by atoms with Gasteiger partial charge in [0.2, 0.25) is 10.0 Å². The van der Waals surface area contributed by atoms with Crippen LogP contribution in [0.3, 0.4) is 0 Å². The number of ether oxygens (including phenoxy) is 1. The smallest absolute Gasteiger partial charge is 0.262 e. The first kappa shape index (κ1) is 23.1. The van der Waals surface area contributed by atoms with Gasteiger partial charge < -0.3 is 10.1 Å². The summed E-state index contributed by atoms with van der Waals surface area (Å²) in [5.41, 5.74) is 0.852. The number of nitrogens with one attached hydrogen (secondary N) is 1. The van der Waals surface area contributed by atoms with Crippen LogP contribution in [0.1, 0.15) is 37.7 Å². The van der Waals surface area contributed by atoms with Crippen LogP contribution in [0.4, 0.5) is 5.69 Å². The fraction of sp³-hybridized carbons (Fsp3) is 0.364. The molecule has 0 bridgehead atoms. The Balaban J connectivity index is 1.58. The molecular formula is C22H24ClN3O4S. The van der Waals surface area contributed by atoms with E-state index < -0.39 is 15.9 Å². The number of amides is 1. The monoisotopic (exact) mass is 461 g/mol. The van der Waals surface area contributed by atoms with Crippen LogP contribution in [-0.2, 0) is 14.8 Å². The predicted octanol–water partition coefficient (Wildman–Crippen LogP) is 4.18. The Labute approximate surface area is 187 Å². The van der Waals surface area contributed by atoms with E-state index in [4.69, 9.17) is 21.6 Å². The molecule has 1 N–H and O–H groups in total. The molecule has 0 aromatic heterocycles. The van der Waals surface area contributed by atoms with Gasteiger partial charge >= 0.3 is 0 Å². The first-order valence-electron chi connectivity index (χ1n) is 10.0. The van der Waals surface area contributed by atoms with Crippen LogP contribution in [0.2, 0.25) is 5.02 Å². The highest BCUT2D eigenvalue weighted by Gasteiger charge is 2.28. The van der Waals surface area contributed by atoms with Gasteiger partial charge in [0.05, 0.1) is 21.6 Å². The van der Waals surface area contributed by atoms with Gasteiger partial charge in [-0.25, -0.2) is 8.42 Å². The molecule has 0 heterocycles. The lowest BCUT2D eigenvalue weighted by Gasteiger charge is -2.30. The summed E-state index contributed by atoms with van der Waals surface area (Å²) in [7, 11) is -1.95. The lowest BCUT2D eigenvalue weighted by molar-refractivity contribution is -0.118. The Morgan fingerprint density at radius 3 is 2.48 bits per heavy atom. The maximum atomic E-state index is 12.9. The van der Waals surface area contributed by atoms with Crippen molar-refractivity contribution in [2.45, 2.75) is 43.0 Å². The van der Waals surface area contributed by atoms with Gasteiger partial charge in [0.15, 0.2) is 6.61 Å². The molecule has 164 valence electrons. The van der Waals surface area contributed by atoms with E-state index in [1.807, 2.05) is 6.07 Å². The number of anilines is 1. The Morgan fingerprint density at radius 1 is 1.19 bits per heavy atom. The summed E-state index contributed by atoms with van der Waals surface area (Å²) in [5.74, 6) is -0.127. The van der Waals surface area contributed by atoms with Gasteiger partial charge in [-0.2, -0.15) is 9.57 Å². The Bertz CT molecular complexity index is 1070. The summed E-state index contributed by atoms with van der Waals surface area (Å²) >= 11 is 6.02. The fourth-order valence-electron chi connectivity index (χ4n) is 3.55. The van der Waals surface area contributed by atoms with Crippen molar-refractivity contribution in [1.82, 2.24) is 4.31 Å². The van der Waals surface area contributed by atoms with Gasteiger partial charge in [-0.15, -0.1) is 0 Å². The molecule has 1 saturated carbocycles. The normalized spacial score (nSPS) is 14.8. The van der Waals surface area contributed by atoms with Gasteiger partial charge in [-0.3, -0.25) is 4.79 Å². The highest BCUT2D eigenvalue weighted by atomic mass is 35.5. The topological polar surface area (TPSA) is 99.5 Å². The summed E-state index contributed by atoms with van der Waals surface area (Å²) in [6.07, 6.45) is 5.01. The largest absolute Gasteiger partial charge is 0.482 e. The molecule has 0 radical (unpaired) electrons. The highest BCUT2D eigenvalue weighted by Crippen LogP contribution is 2.27. The molecular weight excluding hydrogens is 438 g/mol. The Kier molecular flexibility index (Phi) is 7.55. The van der Waals surface area contributed by atoms with Crippen LogP contribution in [0.25, 0.3) is 0 Å². The zero-order valence-corrected chi connectivity index (χ0v) is 18.7. The van der Waals surface area contributed by atoms with E-state index >= 15 is 0 Å². The molecule has 0 saturated heterocycles. The molecule has 1 aliphatic rings. The summed E-state index contributed by atoms with van der Waals surface area (Å²) in [5, 5.41) is 11.7. The molecule has 31 heavy (non-hydrogen) atoms. The van der Waals surface area contributed by atoms with E-state index in [0.29, 0.717) is 17.0 Å². The van der Waals surface area contributed by atoms with Crippen molar-refractivity contribution in [3.63, 3.8) is 0 Å². The SMILES string of the molecule is CN(C1CCCCC1)S(=O)(=O)c1ccc(NC(=O)COc2ccc(C#N)cc2Cl)cc1. The van der Waals surface area contributed by atoms with Crippen molar-refractivity contribution in [2.24, 2.45) is 0 Å². The van der Waals surface area contributed by atoms with E-state index in [2.05, 4.69) is 5.32 Å². The number of hydrogen-bond acceptors (Lipinski definition) is 5. The Morgan fingerprint density at radius 2 is 1.87 bits per heavy atom. The molecule has 0 unspecified atom stereocenters. The molecule has 1 fully saturated rings. The number of benzene rings is 2. The number of carbonyl (C=O) groups is 1. The quantitative estimate of drug-likeness (QED) is 0.666. The second-order valence-electron chi connectivity index (χ2n) is 7.43. The second kappa shape index (κ2) is 10.1. The lowest BCUT2D eigenvalue weighted by atomic mass is 9.96. The number of rotatable bonds is 7. The van der Waals surface area contributed by atoms with Crippen molar-refractivity contribution in [1.29, 1.82) is 5.26 Å². The lowest BCUT2D eigenvalue weighted by Crippen LogP contribution is -2.38. The molecule has 1 aliphatic carbocycles. The van der Waals surface area contributed by atoms with Crippen LogP contribution < -0.4 is 10.1 Å². The summed E-state index contributed by atoms with van der Waals surface area (Å²) in [4.78, 5) is 12.4. The second-order valence-corrected chi connectivity index (χ2v) is 9.84. The van der Waals surface area contributed by atoms with Crippen molar-refractivity contribution in [3.8, 4) is 11.8 Å². The molecule has 0 aliphatic heterocycles. The van der Waals surface area contributed by atoms with Crippen LogP contribution in [-0.4, -0.2) is 38.3 Å². The number of nitrogens with zero attached hydrogens (tertiary/aromatic N) is 2. The van der Waals surface area contributed by atoms with Crippen LogP contribution >= 0.6 is 11.6 Å². The van der Waals surface area contributed by atoms with Gasteiger partial charge in [0.1, 0.15) is 5.75 Å². The average Bonchev–Trinajstić information content (AvgIpc) is 2.78. The zero-order chi connectivity index (χ0) is 22.4. The van der Waals surface area contributed by atoms with Crippen molar-refractivity contribution >= 4 is 33.2 Å². The average molecular weight is 462 g/mol. The first-order valence-corrected chi connectivity index (χ1v) is 11.8. The van der Waals surface area contributed by atoms with Crippen molar-refractivity contribution in [3.05, 3.63) is 53.1 Å². The minimum absolute atomic E-state index is 0.0318. The maximum Gasteiger partial charge on any atom is 0.262 e. The van der Waals surface area contributed by atoms with Crippen molar-refractivity contribution in [2.75, 3.05) is 19.0 Å². The maximum absolute atomic E-state index is 12.9. The van der Waals surface area contributed by atoms with E-state index in [9.17, 15) is 13.2 Å². The van der Waals surface area contributed by atoms with Gasteiger partial charge in [0, 0.05) is 18.8 Å². The number of carbonyl (C=O) groups excluding carboxylic acids is 1. The standard InChI is InChI=1S/C22H24ClN3O4S/c1-26(18-5-3-2-4-6-18)31(28,29)19-10-8-17(9-11-19)25-22(27)15-30-21-12-7-16(14-24)13-20(21)23/h7-13,18H,2-6,15H2,1H3,(H,25,27). The van der Waals surface area contributed by atoms with Crippen LogP contribution in [0.5, 0.6) is 5.75 Å². The summed E-state index contributed by atoms with van der Waals surface area (Å²) in [6, 6.07) is 12.6. The molecule has 7 nitrogen and oxygen atoms in total. The number of halogens is 1. The Hall–Kier alpha value is -2.60. The number of nitriles is 1. The molecule has 9 heteroatoms. The minimum atomic E-state index is -3.58. The van der Waals surface area contributed by atoms with Crippen LogP contribution in [0.15, 0.2) is 47.4 Å². The molecule has 1 amide bonds. The molecule has 2 aromatic carbocycles. The number of hydrogen-bond donors (Lipinski definition) is 1. The molecule has 0 spiro atoms. The van der Waals surface area contributed by atoms with Gasteiger partial charge in [-0.05, 0) is 55.3 Å². The van der Waals surface area contributed by atoms with Gasteiger partial charge in [-0.1, -0.05) is 30.9 Å². The first-order chi connectivity index (χ1) is 14.8.